The Morgan fingerprint density at radius 1 is 1.59 bits per heavy atom. The number of rotatable bonds is 3. The highest BCUT2D eigenvalue weighted by Crippen LogP contribution is 2.19. The van der Waals surface area contributed by atoms with Gasteiger partial charge in [-0.1, -0.05) is 0 Å². The fourth-order valence-electron chi connectivity index (χ4n) is 1.85. The van der Waals surface area contributed by atoms with Crippen molar-refractivity contribution >= 4 is 28.3 Å². The molecule has 1 aliphatic heterocycles. The number of likely N-dealkylation sites (N-methyl/N-ethyl adjacent to an activating group) is 1. The van der Waals surface area contributed by atoms with Crippen molar-refractivity contribution in [2.75, 3.05) is 38.6 Å². The van der Waals surface area contributed by atoms with Crippen molar-refractivity contribution in [2.24, 2.45) is 0 Å². The average molecular weight is 350 g/mol. The Bertz CT molecular complexity index is 389. The molecule has 1 heterocycles. The Morgan fingerprint density at radius 3 is 3.12 bits per heavy atom. The average Bonchev–Trinajstić information content (AvgIpc) is 2.28. The number of hydrogen-bond donors (Lipinski definition) is 1. The molecule has 0 amide bonds. The van der Waals surface area contributed by atoms with Gasteiger partial charge in [-0.15, -0.1) is 0 Å². The standard InChI is InChI=1S/C12H16FIN2O/c1-16-4-5-17-10(8-16)7-15-12-3-2-9(13)6-11(12)14/h2-3,6,10,15H,4-5,7-8H2,1H3. The van der Waals surface area contributed by atoms with E-state index in [2.05, 4.69) is 39.9 Å². The molecule has 0 aliphatic carbocycles. The van der Waals surface area contributed by atoms with Crippen LogP contribution in [0.3, 0.4) is 0 Å². The third-order valence-electron chi connectivity index (χ3n) is 2.79. The highest BCUT2D eigenvalue weighted by molar-refractivity contribution is 14.1. The van der Waals surface area contributed by atoms with Gasteiger partial charge in [0.2, 0.25) is 0 Å². The molecule has 1 fully saturated rings. The van der Waals surface area contributed by atoms with Crippen molar-refractivity contribution < 1.29 is 9.13 Å². The molecule has 0 aromatic heterocycles. The number of nitrogens with zero attached hydrogens (tertiary/aromatic N) is 1. The Morgan fingerprint density at radius 2 is 2.41 bits per heavy atom. The van der Waals surface area contributed by atoms with Gasteiger partial charge in [0.1, 0.15) is 5.82 Å². The molecule has 0 radical (unpaired) electrons. The summed E-state index contributed by atoms with van der Waals surface area (Å²) in [6.45, 7) is 3.46. The topological polar surface area (TPSA) is 24.5 Å². The molecule has 1 aromatic rings. The van der Waals surface area contributed by atoms with Crippen LogP contribution in [0.1, 0.15) is 0 Å². The molecule has 0 spiro atoms. The van der Waals surface area contributed by atoms with Crippen LogP contribution in [0, 0.1) is 9.39 Å². The van der Waals surface area contributed by atoms with Crippen LogP contribution in [0.25, 0.3) is 0 Å². The van der Waals surface area contributed by atoms with Crippen LogP contribution in [-0.4, -0.2) is 44.3 Å². The summed E-state index contributed by atoms with van der Waals surface area (Å²) in [5, 5.41) is 3.30. The predicted molar refractivity (Wildman–Crippen MR) is 74.8 cm³/mol. The molecule has 1 atom stereocenters. The second-order valence-electron chi connectivity index (χ2n) is 4.26. The molecule has 2 rings (SSSR count). The van der Waals surface area contributed by atoms with E-state index in [1.165, 1.54) is 12.1 Å². The van der Waals surface area contributed by atoms with Crippen LogP contribution >= 0.6 is 22.6 Å². The summed E-state index contributed by atoms with van der Waals surface area (Å²) in [6, 6.07) is 4.76. The Kier molecular flexibility index (Phi) is 4.58. The van der Waals surface area contributed by atoms with E-state index in [0.717, 1.165) is 35.5 Å². The highest BCUT2D eigenvalue weighted by Gasteiger charge is 2.17. The van der Waals surface area contributed by atoms with Crippen molar-refractivity contribution in [3.63, 3.8) is 0 Å². The zero-order valence-corrected chi connectivity index (χ0v) is 11.9. The van der Waals surface area contributed by atoms with Crippen LogP contribution in [0.4, 0.5) is 10.1 Å². The largest absolute Gasteiger partial charge is 0.382 e. The van der Waals surface area contributed by atoms with Crippen molar-refractivity contribution in [3.8, 4) is 0 Å². The maximum atomic E-state index is 12.9. The van der Waals surface area contributed by atoms with Crippen molar-refractivity contribution in [1.29, 1.82) is 0 Å². The first kappa shape index (κ1) is 13.0. The van der Waals surface area contributed by atoms with Gasteiger partial charge in [0, 0.05) is 28.9 Å². The molecule has 1 N–H and O–H groups in total. The number of benzene rings is 1. The number of halogens is 2. The van der Waals surface area contributed by atoms with E-state index >= 15 is 0 Å². The number of ether oxygens (including phenoxy) is 1. The lowest BCUT2D eigenvalue weighted by Crippen LogP contribution is -2.43. The minimum absolute atomic E-state index is 0.200. The fraction of sp³-hybridized carbons (Fsp3) is 0.500. The zero-order valence-electron chi connectivity index (χ0n) is 9.75. The molecule has 0 saturated carbocycles. The number of anilines is 1. The van der Waals surface area contributed by atoms with Crippen molar-refractivity contribution in [2.45, 2.75) is 6.10 Å². The lowest BCUT2D eigenvalue weighted by molar-refractivity contribution is -0.0117. The smallest absolute Gasteiger partial charge is 0.124 e. The van der Waals surface area contributed by atoms with E-state index in [4.69, 9.17) is 4.74 Å². The third kappa shape index (κ3) is 3.79. The minimum atomic E-state index is -0.200. The normalized spacial score (nSPS) is 21.5. The SMILES string of the molecule is CN1CCOC(CNc2ccc(F)cc2I)C1. The first-order valence-electron chi connectivity index (χ1n) is 5.64. The molecule has 1 saturated heterocycles. The lowest BCUT2D eigenvalue weighted by atomic mass is 10.2. The van der Waals surface area contributed by atoms with Crippen LogP contribution in [0.5, 0.6) is 0 Å². The molecule has 17 heavy (non-hydrogen) atoms. The second-order valence-corrected chi connectivity index (χ2v) is 5.42. The summed E-state index contributed by atoms with van der Waals surface area (Å²) >= 11 is 2.13. The predicted octanol–water partition coefficient (Wildman–Crippen LogP) is 2.17. The minimum Gasteiger partial charge on any atom is -0.382 e. The van der Waals surface area contributed by atoms with Gasteiger partial charge in [0.05, 0.1) is 12.7 Å². The molecule has 1 aliphatic rings. The summed E-state index contributed by atoms with van der Waals surface area (Å²) in [5.74, 6) is -0.200. The molecular weight excluding hydrogens is 334 g/mol. The molecule has 5 heteroatoms. The monoisotopic (exact) mass is 350 g/mol. The summed E-state index contributed by atoms with van der Waals surface area (Å²) in [7, 11) is 2.09. The van der Waals surface area contributed by atoms with E-state index in [1.807, 2.05) is 0 Å². The molecule has 1 unspecified atom stereocenters. The Hall–Kier alpha value is -0.400. The number of nitrogens with one attached hydrogen (secondary N) is 1. The van der Waals surface area contributed by atoms with Crippen LogP contribution in [0.2, 0.25) is 0 Å². The van der Waals surface area contributed by atoms with E-state index in [-0.39, 0.29) is 11.9 Å². The Labute approximate surface area is 114 Å². The zero-order chi connectivity index (χ0) is 12.3. The van der Waals surface area contributed by atoms with Crippen LogP contribution in [0.15, 0.2) is 18.2 Å². The van der Waals surface area contributed by atoms with E-state index in [1.54, 1.807) is 6.07 Å². The first-order chi connectivity index (χ1) is 8.15. The maximum absolute atomic E-state index is 12.9. The van der Waals surface area contributed by atoms with Crippen molar-refractivity contribution in [1.82, 2.24) is 4.90 Å². The summed E-state index contributed by atoms with van der Waals surface area (Å²) in [6.07, 6.45) is 0.203. The first-order valence-corrected chi connectivity index (χ1v) is 6.72. The van der Waals surface area contributed by atoms with Gasteiger partial charge < -0.3 is 15.0 Å². The Balaban J connectivity index is 1.88. The highest BCUT2D eigenvalue weighted by atomic mass is 127. The van der Waals surface area contributed by atoms with Gasteiger partial charge in [-0.2, -0.15) is 0 Å². The number of hydrogen-bond acceptors (Lipinski definition) is 3. The fourth-order valence-corrected chi connectivity index (χ4v) is 2.51. The van der Waals surface area contributed by atoms with E-state index < -0.39 is 0 Å². The van der Waals surface area contributed by atoms with Gasteiger partial charge >= 0.3 is 0 Å². The molecule has 1 aromatic carbocycles. The van der Waals surface area contributed by atoms with Gasteiger partial charge in [0.15, 0.2) is 0 Å². The van der Waals surface area contributed by atoms with Crippen LogP contribution < -0.4 is 5.32 Å². The summed E-state index contributed by atoms with van der Waals surface area (Å²) < 4.78 is 19.5. The second kappa shape index (κ2) is 5.97. The molecule has 0 bridgehead atoms. The molecule has 3 nitrogen and oxygen atoms in total. The van der Waals surface area contributed by atoms with Crippen LogP contribution in [-0.2, 0) is 4.74 Å². The summed E-state index contributed by atoms with van der Waals surface area (Å²) in [4.78, 5) is 2.26. The molecular formula is C12H16FIN2O. The number of morpholine rings is 1. The van der Waals surface area contributed by atoms with E-state index in [0.29, 0.717) is 0 Å². The third-order valence-corrected chi connectivity index (χ3v) is 3.69. The maximum Gasteiger partial charge on any atom is 0.124 e. The van der Waals surface area contributed by atoms with Gasteiger partial charge in [-0.05, 0) is 47.8 Å². The van der Waals surface area contributed by atoms with Gasteiger partial charge in [0.25, 0.3) is 0 Å². The lowest BCUT2D eigenvalue weighted by Gasteiger charge is -2.30. The van der Waals surface area contributed by atoms with Gasteiger partial charge in [-0.3, -0.25) is 0 Å². The van der Waals surface area contributed by atoms with Gasteiger partial charge in [-0.25, -0.2) is 4.39 Å². The summed E-state index contributed by atoms with van der Waals surface area (Å²) in [5.41, 5.74) is 0.962. The van der Waals surface area contributed by atoms with Crippen molar-refractivity contribution in [3.05, 3.63) is 27.6 Å². The van der Waals surface area contributed by atoms with E-state index in [9.17, 15) is 4.39 Å². The molecule has 94 valence electrons. The quantitative estimate of drug-likeness (QED) is 0.846.